The lowest BCUT2D eigenvalue weighted by Gasteiger charge is -2.42. The summed E-state index contributed by atoms with van der Waals surface area (Å²) in [7, 11) is 1.47. The number of benzene rings is 2. The smallest absolute Gasteiger partial charge is 0.238 e. The van der Waals surface area contributed by atoms with Crippen molar-refractivity contribution in [2.24, 2.45) is 17.8 Å². The first-order chi connectivity index (χ1) is 17.8. The van der Waals surface area contributed by atoms with Crippen LogP contribution in [0.25, 0.3) is 0 Å². The highest BCUT2D eigenvalue weighted by atomic mass is 79.9. The Kier molecular flexibility index (Phi) is 5.53. The third kappa shape index (κ3) is 3.46. The number of methoxy groups -OCH3 is 1. The molecular formula is C29H22BrNO6. The van der Waals surface area contributed by atoms with Crippen molar-refractivity contribution in [1.82, 2.24) is 0 Å². The number of ether oxygens (including phenoxy) is 1. The molecular weight excluding hydrogens is 538 g/mol. The molecule has 2 aromatic carbocycles. The SMILES string of the molecule is COc1cc(O)ccc1[C@H]1C2=CC[C@@H]3C(=O)N(c4ccccc4)C(=O)[C@@H]3[C@@H]2CC2=C1C(=O)C=C(Br)C2=O. The van der Waals surface area contributed by atoms with Gasteiger partial charge in [0.25, 0.3) is 0 Å². The normalized spacial score (nSPS) is 26.9. The van der Waals surface area contributed by atoms with Crippen molar-refractivity contribution in [2.75, 3.05) is 12.0 Å². The number of amides is 2. The van der Waals surface area contributed by atoms with E-state index in [-0.39, 0.29) is 40.0 Å². The predicted octanol–water partition coefficient (Wildman–Crippen LogP) is 4.37. The van der Waals surface area contributed by atoms with Crippen LogP contribution in [0.15, 0.2) is 81.9 Å². The highest BCUT2D eigenvalue weighted by molar-refractivity contribution is 9.12. The number of hydrogen-bond donors (Lipinski definition) is 1. The molecule has 1 heterocycles. The number of phenolic OH excluding ortho intramolecular Hbond substituents is 1. The van der Waals surface area contributed by atoms with Crippen molar-refractivity contribution < 1.29 is 29.0 Å². The van der Waals surface area contributed by atoms with E-state index in [4.69, 9.17) is 4.74 Å². The van der Waals surface area contributed by atoms with E-state index >= 15 is 0 Å². The summed E-state index contributed by atoms with van der Waals surface area (Å²) in [5.74, 6) is -3.03. The molecule has 4 atom stereocenters. The highest BCUT2D eigenvalue weighted by Gasteiger charge is 2.56. The lowest BCUT2D eigenvalue weighted by Crippen LogP contribution is -2.39. The van der Waals surface area contributed by atoms with Gasteiger partial charge in [-0.15, -0.1) is 0 Å². The molecule has 3 aliphatic carbocycles. The van der Waals surface area contributed by atoms with Gasteiger partial charge in [0.2, 0.25) is 11.8 Å². The Morgan fingerprint density at radius 3 is 2.49 bits per heavy atom. The number of hydrogen-bond acceptors (Lipinski definition) is 6. The number of rotatable bonds is 3. The molecule has 0 spiro atoms. The number of imide groups is 1. The number of carbonyl (C=O) groups excluding carboxylic acids is 4. The molecule has 2 amide bonds. The Bertz CT molecular complexity index is 1490. The summed E-state index contributed by atoms with van der Waals surface area (Å²) in [4.78, 5) is 55.2. The summed E-state index contributed by atoms with van der Waals surface area (Å²) in [6.07, 6.45) is 3.78. The maximum atomic E-state index is 13.8. The summed E-state index contributed by atoms with van der Waals surface area (Å²) in [5, 5.41) is 10.1. The first-order valence-electron chi connectivity index (χ1n) is 12.0. The van der Waals surface area contributed by atoms with E-state index in [0.717, 1.165) is 5.57 Å². The molecule has 186 valence electrons. The lowest BCUT2D eigenvalue weighted by molar-refractivity contribution is -0.123. The van der Waals surface area contributed by atoms with Crippen LogP contribution in [0.2, 0.25) is 0 Å². The van der Waals surface area contributed by atoms with Gasteiger partial charge in [0.15, 0.2) is 11.6 Å². The number of nitrogens with zero attached hydrogens (tertiary/aromatic N) is 1. The van der Waals surface area contributed by atoms with E-state index in [1.807, 2.05) is 12.1 Å². The summed E-state index contributed by atoms with van der Waals surface area (Å²) in [6.45, 7) is 0. The van der Waals surface area contributed by atoms with Gasteiger partial charge in [-0.1, -0.05) is 35.9 Å². The van der Waals surface area contributed by atoms with E-state index in [0.29, 0.717) is 34.6 Å². The first kappa shape index (κ1) is 23.6. The van der Waals surface area contributed by atoms with Crippen LogP contribution in [0.3, 0.4) is 0 Å². The van der Waals surface area contributed by atoms with E-state index in [9.17, 15) is 24.3 Å². The number of halogens is 1. The Morgan fingerprint density at radius 2 is 1.76 bits per heavy atom. The third-order valence-corrected chi connectivity index (χ3v) is 8.46. The average molecular weight is 560 g/mol. The van der Waals surface area contributed by atoms with Crippen LogP contribution in [0, 0.1) is 17.8 Å². The van der Waals surface area contributed by atoms with Gasteiger partial charge >= 0.3 is 0 Å². The Hall–Kier alpha value is -3.78. The predicted molar refractivity (Wildman–Crippen MR) is 138 cm³/mol. The number of anilines is 1. The average Bonchev–Trinajstić information content (AvgIpc) is 3.16. The second-order valence-electron chi connectivity index (χ2n) is 9.67. The number of phenols is 1. The second kappa shape index (κ2) is 8.66. The van der Waals surface area contributed by atoms with Crippen molar-refractivity contribution in [1.29, 1.82) is 0 Å². The van der Waals surface area contributed by atoms with Crippen molar-refractivity contribution in [3.05, 3.63) is 87.4 Å². The van der Waals surface area contributed by atoms with Crippen LogP contribution < -0.4 is 9.64 Å². The topological polar surface area (TPSA) is 101 Å². The fraction of sp³-hybridized carbons (Fsp3) is 0.241. The second-order valence-corrected chi connectivity index (χ2v) is 10.5. The number of fused-ring (bicyclic) bond motifs is 3. The zero-order valence-corrected chi connectivity index (χ0v) is 21.4. The van der Waals surface area contributed by atoms with Crippen molar-refractivity contribution >= 4 is 45.0 Å². The van der Waals surface area contributed by atoms with Gasteiger partial charge in [-0.2, -0.15) is 0 Å². The third-order valence-electron chi connectivity index (χ3n) is 7.87. The van der Waals surface area contributed by atoms with Gasteiger partial charge in [0.05, 0.1) is 29.1 Å². The van der Waals surface area contributed by atoms with Crippen molar-refractivity contribution in [3.8, 4) is 11.5 Å². The maximum Gasteiger partial charge on any atom is 0.238 e. The van der Waals surface area contributed by atoms with Gasteiger partial charge in [0.1, 0.15) is 11.5 Å². The summed E-state index contributed by atoms with van der Waals surface area (Å²) in [6, 6.07) is 13.5. The minimum Gasteiger partial charge on any atom is -0.508 e. The quantitative estimate of drug-likeness (QED) is 0.340. The molecule has 1 aliphatic heterocycles. The van der Waals surface area contributed by atoms with Gasteiger partial charge in [-0.3, -0.25) is 24.1 Å². The number of allylic oxidation sites excluding steroid dienone is 6. The first-order valence-corrected chi connectivity index (χ1v) is 12.8. The monoisotopic (exact) mass is 559 g/mol. The number of ketones is 2. The van der Waals surface area contributed by atoms with Crippen molar-refractivity contribution in [3.63, 3.8) is 0 Å². The maximum absolute atomic E-state index is 13.8. The van der Waals surface area contributed by atoms with E-state index < -0.39 is 23.7 Å². The number of para-hydroxylation sites is 1. The number of Topliss-reactive ketones (excluding diaryl/α,β-unsaturated/α-hetero) is 1. The zero-order valence-electron chi connectivity index (χ0n) is 19.8. The molecule has 8 heteroatoms. The van der Waals surface area contributed by atoms with Crippen LogP contribution in [-0.2, 0) is 19.2 Å². The highest BCUT2D eigenvalue weighted by Crippen LogP contribution is 2.56. The zero-order chi connectivity index (χ0) is 26.0. The molecule has 4 aliphatic rings. The van der Waals surface area contributed by atoms with Gasteiger partial charge in [-0.25, -0.2) is 0 Å². The Morgan fingerprint density at radius 1 is 1.00 bits per heavy atom. The number of carbonyl (C=O) groups is 4. The molecule has 1 N–H and O–H groups in total. The molecule has 0 saturated carbocycles. The molecule has 6 rings (SSSR count). The molecule has 1 fully saturated rings. The van der Waals surface area contributed by atoms with Crippen molar-refractivity contribution in [2.45, 2.75) is 18.8 Å². The van der Waals surface area contributed by atoms with Crippen LogP contribution in [0.1, 0.15) is 24.3 Å². The molecule has 0 bridgehead atoms. The summed E-state index contributed by atoms with van der Waals surface area (Å²) < 4.78 is 5.74. The van der Waals surface area contributed by atoms with Crippen LogP contribution >= 0.6 is 15.9 Å². The van der Waals surface area contributed by atoms with E-state index in [2.05, 4.69) is 15.9 Å². The molecule has 1 saturated heterocycles. The molecule has 2 aromatic rings. The fourth-order valence-electron chi connectivity index (χ4n) is 6.33. The summed E-state index contributed by atoms with van der Waals surface area (Å²) >= 11 is 3.23. The lowest BCUT2D eigenvalue weighted by atomic mass is 9.59. The van der Waals surface area contributed by atoms with Crippen LogP contribution in [-0.4, -0.2) is 35.6 Å². The van der Waals surface area contributed by atoms with Crippen LogP contribution in [0.5, 0.6) is 11.5 Å². The van der Waals surface area contributed by atoms with Crippen LogP contribution in [0.4, 0.5) is 5.69 Å². The van der Waals surface area contributed by atoms with E-state index in [1.54, 1.807) is 30.3 Å². The largest absolute Gasteiger partial charge is 0.508 e. The standard InChI is InChI=1S/C29H22BrNO6/c1-37-23-11-15(32)7-8-17(23)24-16-9-10-18-25(29(36)31(28(18)35)14-5-3-2-4-6-14)19(16)12-20-26(24)22(33)13-21(30)27(20)34/h2-9,11,13,18-19,24-25,32H,10,12H2,1H3/t18-,19+,24+,25-/m0/s1. The Labute approximate surface area is 221 Å². The van der Waals surface area contributed by atoms with Gasteiger partial charge < -0.3 is 9.84 Å². The number of aromatic hydroxyl groups is 1. The fourth-order valence-corrected chi connectivity index (χ4v) is 6.78. The molecule has 0 aromatic heterocycles. The summed E-state index contributed by atoms with van der Waals surface area (Å²) in [5.41, 5.74) is 2.67. The Balaban J connectivity index is 1.52. The van der Waals surface area contributed by atoms with Gasteiger partial charge in [-0.05, 0) is 52.9 Å². The minimum absolute atomic E-state index is 0.00334. The van der Waals surface area contributed by atoms with Gasteiger partial charge in [0, 0.05) is 34.8 Å². The van der Waals surface area contributed by atoms with E-state index in [1.165, 1.54) is 30.2 Å². The molecule has 0 unspecified atom stereocenters. The molecule has 0 radical (unpaired) electrons. The molecule has 37 heavy (non-hydrogen) atoms. The molecule has 7 nitrogen and oxygen atoms in total. The minimum atomic E-state index is -0.653.